The highest BCUT2D eigenvalue weighted by Crippen LogP contribution is 1.99. The lowest BCUT2D eigenvalue weighted by Crippen LogP contribution is -2.13. The number of hydrogen-bond donors (Lipinski definition) is 0. The Labute approximate surface area is 116 Å². The highest BCUT2D eigenvalue weighted by molar-refractivity contribution is 6.17. The molecule has 0 aliphatic heterocycles. The average molecular weight is 283 g/mol. The predicted octanol–water partition coefficient (Wildman–Crippen LogP) is 2.34. The third kappa shape index (κ3) is 14.2. The summed E-state index contributed by atoms with van der Waals surface area (Å²) < 4.78 is 21.3. The molecule has 0 fully saturated rings. The molecular formula is C13H27ClO4. The highest BCUT2D eigenvalue weighted by atomic mass is 35.5. The summed E-state index contributed by atoms with van der Waals surface area (Å²) in [7, 11) is 0. The number of hydrogen-bond acceptors (Lipinski definition) is 4. The second kappa shape index (κ2) is 15.2. The Morgan fingerprint density at radius 2 is 1.22 bits per heavy atom. The van der Waals surface area contributed by atoms with E-state index in [2.05, 4.69) is 13.8 Å². The first-order valence-corrected chi connectivity index (χ1v) is 7.21. The van der Waals surface area contributed by atoms with Crippen LogP contribution in [0.5, 0.6) is 0 Å². The number of alkyl halides is 1. The second-order valence-electron chi connectivity index (χ2n) is 4.11. The molecule has 0 rings (SSSR count). The van der Waals surface area contributed by atoms with E-state index >= 15 is 0 Å². The molecule has 0 saturated heterocycles. The maximum absolute atomic E-state index is 5.46. The molecule has 5 heteroatoms. The van der Waals surface area contributed by atoms with Crippen LogP contribution in [-0.2, 0) is 18.9 Å². The molecule has 0 spiro atoms. The van der Waals surface area contributed by atoms with Gasteiger partial charge in [-0.15, -0.1) is 11.6 Å². The summed E-state index contributed by atoms with van der Waals surface area (Å²) in [5.74, 6) is 1.15. The maximum atomic E-state index is 5.46. The van der Waals surface area contributed by atoms with Crippen molar-refractivity contribution in [3.05, 3.63) is 0 Å². The fourth-order valence-electron chi connectivity index (χ4n) is 1.12. The molecule has 1 atom stereocenters. The Morgan fingerprint density at radius 3 is 1.67 bits per heavy atom. The molecule has 1 unspecified atom stereocenters. The van der Waals surface area contributed by atoms with Crippen molar-refractivity contribution in [1.82, 2.24) is 0 Å². The van der Waals surface area contributed by atoms with Crippen molar-refractivity contribution >= 4 is 11.6 Å². The van der Waals surface area contributed by atoms with E-state index < -0.39 is 0 Å². The van der Waals surface area contributed by atoms with Crippen LogP contribution in [0.4, 0.5) is 0 Å². The summed E-state index contributed by atoms with van der Waals surface area (Å²) in [6.07, 6.45) is 1.15. The SMILES string of the molecule is CCC(C)COCCOCCOCCOCCCl. The first-order chi connectivity index (χ1) is 8.81. The van der Waals surface area contributed by atoms with E-state index in [0.717, 1.165) is 13.0 Å². The lowest BCUT2D eigenvalue weighted by molar-refractivity contribution is -0.00406. The third-order valence-electron chi connectivity index (χ3n) is 2.44. The minimum absolute atomic E-state index is 0.528. The van der Waals surface area contributed by atoms with Gasteiger partial charge in [-0.1, -0.05) is 20.3 Å². The Balaban J connectivity index is 2.94. The van der Waals surface area contributed by atoms with Gasteiger partial charge in [0.1, 0.15) is 0 Å². The molecule has 110 valence electrons. The van der Waals surface area contributed by atoms with Crippen LogP contribution in [0, 0.1) is 5.92 Å². The molecule has 0 aliphatic carbocycles. The Kier molecular flexibility index (Phi) is 15.3. The van der Waals surface area contributed by atoms with Gasteiger partial charge in [0.15, 0.2) is 0 Å². The van der Waals surface area contributed by atoms with Crippen LogP contribution in [0.15, 0.2) is 0 Å². The normalized spacial score (nSPS) is 12.8. The Bertz CT molecular complexity index is 158. The lowest BCUT2D eigenvalue weighted by Gasteiger charge is -2.09. The Hall–Kier alpha value is 0.130. The third-order valence-corrected chi connectivity index (χ3v) is 2.59. The van der Waals surface area contributed by atoms with Gasteiger partial charge in [0.25, 0.3) is 0 Å². The highest BCUT2D eigenvalue weighted by Gasteiger charge is 1.97. The molecule has 4 nitrogen and oxygen atoms in total. The van der Waals surface area contributed by atoms with Gasteiger partial charge in [-0.2, -0.15) is 0 Å². The lowest BCUT2D eigenvalue weighted by atomic mass is 10.1. The molecule has 0 radical (unpaired) electrons. The average Bonchev–Trinajstić information content (AvgIpc) is 2.39. The van der Waals surface area contributed by atoms with Crippen molar-refractivity contribution in [2.75, 3.05) is 58.7 Å². The zero-order valence-electron chi connectivity index (χ0n) is 11.7. The van der Waals surface area contributed by atoms with Crippen molar-refractivity contribution in [2.45, 2.75) is 20.3 Å². The zero-order valence-corrected chi connectivity index (χ0v) is 12.4. The van der Waals surface area contributed by atoms with Gasteiger partial charge < -0.3 is 18.9 Å². The van der Waals surface area contributed by atoms with Gasteiger partial charge in [0.2, 0.25) is 0 Å². The smallest absolute Gasteiger partial charge is 0.0701 e. The van der Waals surface area contributed by atoms with Crippen LogP contribution < -0.4 is 0 Å². The maximum Gasteiger partial charge on any atom is 0.0701 e. The monoisotopic (exact) mass is 282 g/mol. The molecule has 0 aromatic rings. The first-order valence-electron chi connectivity index (χ1n) is 6.68. The largest absolute Gasteiger partial charge is 0.379 e. The van der Waals surface area contributed by atoms with Crippen LogP contribution in [0.3, 0.4) is 0 Å². The van der Waals surface area contributed by atoms with E-state index in [1.54, 1.807) is 0 Å². The van der Waals surface area contributed by atoms with Crippen LogP contribution in [0.25, 0.3) is 0 Å². The Morgan fingerprint density at radius 1 is 0.778 bits per heavy atom. The van der Waals surface area contributed by atoms with Crippen LogP contribution in [0.2, 0.25) is 0 Å². The second-order valence-corrected chi connectivity index (χ2v) is 4.49. The molecule has 0 saturated carbocycles. The number of rotatable bonds is 14. The quantitative estimate of drug-likeness (QED) is 0.362. The fourth-order valence-corrected chi connectivity index (χ4v) is 1.23. The summed E-state index contributed by atoms with van der Waals surface area (Å²) in [6, 6.07) is 0. The van der Waals surface area contributed by atoms with Crippen LogP contribution in [-0.4, -0.2) is 58.7 Å². The minimum Gasteiger partial charge on any atom is -0.379 e. The van der Waals surface area contributed by atoms with Gasteiger partial charge in [-0.05, 0) is 5.92 Å². The van der Waals surface area contributed by atoms with Gasteiger partial charge in [0.05, 0.1) is 46.2 Å². The molecule has 0 amide bonds. The van der Waals surface area contributed by atoms with E-state index in [9.17, 15) is 0 Å². The van der Waals surface area contributed by atoms with Crippen molar-refractivity contribution in [2.24, 2.45) is 5.92 Å². The minimum atomic E-state index is 0.528. The van der Waals surface area contributed by atoms with Gasteiger partial charge in [-0.25, -0.2) is 0 Å². The van der Waals surface area contributed by atoms with E-state index in [-0.39, 0.29) is 0 Å². The van der Waals surface area contributed by atoms with Crippen molar-refractivity contribution in [3.8, 4) is 0 Å². The molecule has 0 N–H and O–H groups in total. The summed E-state index contributed by atoms with van der Waals surface area (Å²) >= 11 is 5.46. The molecule has 0 aromatic carbocycles. The van der Waals surface area contributed by atoms with Crippen molar-refractivity contribution in [3.63, 3.8) is 0 Å². The number of halogens is 1. The van der Waals surface area contributed by atoms with E-state index in [1.807, 2.05) is 0 Å². The molecular weight excluding hydrogens is 256 g/mol. The van der Waals surface area contributed by atoms with Crippen LogP contribution in [0.1, 0.15) is 20.3 Å². The molecule has 0 bridgehead atoms. The standard InChI is InChI=1S/C13H27ClO4/c1-3-13(2)12-18-11-10-17-9-8-16-7-6-15-5-4-14/h13H,3-12H2,1-2H3. The number of ether oxygens (including phenoxy) is 4. The van der Waals surface area contributed by atoms with Gasteiger partial charge in [-0.3, -0.25) is 0 Å². The topological polar surface area (TPSA) is 36.9 Å². The molecule has 0 aliphatic rings. The van der Waals surface area contributed by atoms with Crippen molar-refractivity contribution < 1.29 is 18.9 Å². The van der Waals surface area contributed by atoms with E-state index in [1.165, 1.54) is 0 Å². The van der Waals surface area contributed by atoms with Crippen LogP contribution >= 0.6 is 11.6 Å². The van der Waals surface area contributed by atoms with E-state index in [4.69, 9.17) is 30.5 Å². The summed E-state index contributed by atoms with van der Waals surface area (Å²) in [5, 5.41) is 0. The fraction of sp³-hybridized carbons (Fsp3) is 1.00. The molecule has 0 heterocycles. The first kappa shape index (κ1) is 18.1. The van der Waals surface area contributed by atoms with E-state index in [0.29, 0.717) is 58.0 Å². The summed E-state index contributed by atoms with van der Waals surface area (Å²) in [4.78, 5) is 0. The van der Waals surface area contributed by atoms with Gasteiger partial charge >= 0.3 is 0 Å². The van der Waals surface area contributed by atoms with Crippen molar-refractivity contribution in [1.29, 1.82) is 0 Å². The zero-order chi connectivity index (χ0) is 13.5. The molecule has 18 heavy (non-hydrogen) atoms. The predicted molar refractivity (Wildman–Crippen MR) is 73.5 cm³/mol. The summed E-state index contributed by atoms with van der Waals surface area (Å²) in [5.41, 5.74) is 0. The molecule has 0 aromatic heterocycles. The van der Waals surface area contributed by atoms with Gasteiger partial charge in [0, 0.05) is 12.5 Å². The summed E-state index contributed by atoms with van der Waals surface area (Å²) in [6.45, 7) is 9.39.